The third-order valence-electron chi connectivity index (χ3n) is 6.32. The van der Waals surface area contributed by atoms with Gasteiger partial charge >= 0.3 is 12.0 Å². The maximum Gasteiger partial charge on any atom is 0.338 e. The van der Waals surface area contributed by atoms with Crippen LogP contribution in [0.4, 0.5) is 10.5 Å². The molecule has 1 unspecified atom stereocenters. The molecule has 0 bridgehead atoms. The first-order valence-corrected chi connectivity index (χ1v) is 12.6. The third kappa shape index (κ3) is 5.66. The second-order valence-electron chi connectivity index (χ2n) is 9.63. The smallest absolute Gasteiger partial charge is 0.338 e. The van der Waals surface area contributed by atoms with Crippen molar-refractivity contribution in [2.75, 3.05) is 18.5 Å². The zero-order valence-corrected chi connectivity index (χ0v) is 21.7. The molecule has 0 aliphatic carbocycles. The second-order valence-corrected chi connectivity index (χ2v) is 9.63. The van der Waals surface area contributed by atoms with Crippen molar-refractivity contribution in [1.82, 2.24) is 10.2 Å². The molecule has 192 valence electrons. The number of nitrogens with one attached hydrogen (secondary N) is 2. The van der Waals surface area contributed by atoms with Gasteiger partial charge in [-0.1, -0.05) is 69.3 Å². The lowest BCUT2D eigenvalue weighted by Crippen LogP contribution is -2.48. The summed E-state index contributed by atoms with van der Waals surface area (Å²) in [6.07, 6.45) is 0.749. The highest BCUT2D eigenvalue weighted by Gasteiger charge is 2.36. The fourth-order valence-electron chi connectivity index (χ4n) is 4.53. The van der Waals surface area contributed by atoms with E-state index in [4.69, 9.17) is 4.74 Å². The lowest BCUT2D eigenvalue weighted by molar-refractivity contribution is -0.140. The first-order chi connectivity index (χ1) is 17.8. The SMILES string of the molecule is CCCN1C(=O)NC(c2cccc(NC(=O)c3cccc4ccccc34)c2)C(C(=O)OCC(C)C)=C1C. The van der Waals surface area contributed by atoms with Crippen molar-refractivity contribution in [2.24, 2.45) is 5.92 Å². The zero-order valence-electron chi connectivity index (χ0n) is 21.7. The number of ether oxygens (including phenoxy) is 1. The number of allylic oxidation sites excluding steroid dienone is 1. The molecule has 7 nitrogen and oxygen atoms in total. The van der Waals surface area contributed by atoms with Crippen LogP contribution in [-0.2, 0) is 9.53 Å². The monoisotopic (exact) mass is 499 g/mol. The largest absolute Gasteiger partial charge is 0.462 e. The topological polar surface area (TPSA) is 87.7 Å². The van der Waals surface area contributed by atoms with E-state index in [1.54, 1.807) is 36.1 Å². The van der Waals surface area contributed by atoms with Crippen molar-refractivity contribution in [2.45, 2.75) is 40.2 Å². The average molecular weight is 500 g/mol. The Morgan fingerprint density at radius 1 is 1.05 bits per heavy atom. The number of hydrogen-bond acceptors (Lipinski definition) is 4. The van der Waals surface area contributed by atoms with E-state index in [9.17, 15) is 14.4 Å². The number of urea groups is 1. The molecule has 1 atom stereocenters. The van der Waals surface area contributed by atoms with E-state index in [1.165, 1.54) is 0 Å². The summed E-state index contributed by atoms with van der Waals surface area (Å²) < 4.78 is 5.58. The fourth-order valence-corrected chi connectivity index (χ4v) is 4.53. The highest BCUT2D eigenvalue weighted by molar-refractivity contribution is 6.13. The van der Waals surface area contributed by atoms with Gasteiger partial charge in [-0.15, -0.1) is 0 Å². The number of anilines is 1. The molecule has 0 saturated heterocycles. The number of carbonyl (C=O) groups is 3. The van der Waals surface area contributed by atoms with E-state index in [1.807, 2.05) is 63.2 Å². The van der Waals surface area contributed by atoms with Crippen LogP contribution in [0.15, 0.2) is 78.0 Å². The van der Waals surface area contributed by atoms with Crippen LogP contribution in [0.25, 0.3) is 10.8 Å². The number of esters is 1. The van der Waals surface area contributed by atoms with Gasteiger partial charge in [-0.3, -0.25) is 9.69 Å². The number of nitrogens with zero attached hydrogens (tertiary/aromatic N) is 1. The molecule has 0 spiro atoms. The Morgan fingerprint density at radius 3 is 2.54 bits per heavy atom. The predicted molar refractivity (Wildman–Crippen MR) is 145 cm³/mol. The molecule has 2 N–H and O–H groups in total. The van der Waals surface area contributed by atoms with Gasteiger partial charge in [-0.05, 0) is 53.8 Å². The number of carbonyl (C=O) groups excluding carboxylic acids is 3. The van der Waals surface area contributed by atoms with Crippen LogP contribution in [0.2, 0.25) is 0 Å². The van der Waals surface area contributed by atoms with E-state index < -0.39 is 12.0 Å². The minimum atomic E-state index is -0.699. The molecule has 7 heteroatoms. The Morgan fingerprint density at radius 2 is 1.78 bits per heavy atom. The van der Waals surface area contributed by atoms with E-state index in [-0.39, 0.29) is 24.5 Å². The van der Waals surface area contributed by atoms with Gasteiger partial charge in [0, 0.05) is 23.5 Å². The van der Waals surface area contributed by atoms with E-state index in [0.717, 1.165) is 17.2 Å². The molecule has 0 saturated carbocycles. The minimum Gasteiger partial charge on any atom is -0.462 e. The summed E-state index contributed by atoms with van der Waals surface area (Å²) in [5.74, 6) is -0.512. The fraction of sp³-hybridized carbons (Fsp3) is 0.300. The van der Waals surface area contributed by atoms with Gasteiger partial charge in [0.2, 0.25) is 0 Å². The summed E-state index contributed by atoms with van der Waals surface area (Å²) in [6.45, 7) is 8.48. The van der Waals surface area contributed by atoms with Crippen molar-refractivity contribution < 1.29 is 19.1 Å². The van der Waals surface area contributed by atoms with Crippen LogP contribution in [0.1, 0.15) is 56.1 Å². The van der Waals surface area contributed by atoms with Crippen molar-refractivity contribution >= 4 is 34.4 Å². The molecule has 0 fully saturated rings. The molecule has 3 aromatic carbocycles. The molecule has 3 aromatic rings. The van der Waals surface area contributed by atoms with Crippen LogP contribution in [-0.4, -0.2) is 36.0 Å². The van der Waals surface area contributed by atoms with Crippen LogP contribution in [0.3, 0.4) is 0 Å². The minimum absolute atomic E-state index is 0.181. The normalized spacial score (nSPS) is 15.6. The molecule has 1 aliphatic heterocycles. The van der Waals surface area contributed by atoms with Gasteiger partial charge in [0.1, 0.15) is 0 Å². The predicted octanol–water partition coefficient (Wildman–Crippen LogP) is 6.04. The summed E-state index contributed by atoms with van der Waals surface area (Å²) in [5, 5.41) is 7.79. The molecule has 3 amide bonds. The lowest BCUT2D eigenvalue weighted by Gasteiger charge is -2.35. The number of benzene rings is 3. The molecule has 1 heterocycles. The Balaban J connectivity index is 1.66. The highest BCUT2D eigenvalue weighted by Crippen LogP contribution is 2.33. The zero-order chi connectivity index (χ0) is 26.5. The van der Waals surface area contributed by atoms with E-state index in [0.29, 0.717) is 34.6 Å². The summed E-state index contributed by atoms with van der Waals surface area (Å²) in [7, 11) is 0. The Labute approximate surface area is 217 Å². The maximum atomic E-state index is 13.2. The lowest BCUT2D eigenvalue weighted by atomic mass is 9.94. The van der Waals surface area contributed by atoms with Crippen LogP contribution < -0.4 is 10.6 Å². The van der Waals surface area contributed by atoms with Gasteiger partial charge in [-0.25, -0.2) is 9.59 Å². The number of fused-ring (bicyclic) bond motifs is 1. The van der Waals surface area contributed by atoms with Crippen LogP contribution >= 0.6 is 0 Å². The summed E-state index contributed by atoms with van der Waals surface area (Å²) in [6, 6.07) is 19.6. The Bertz CT molecular complexity index is 1360. The Kier molecular flexibility index (Phi) is 7.92. The maximum absolute atomic E-state index is 13.2. The molecular formula is C30H33N3O4. The third-order valence-corrected chi connectivity index (χ3v) is 6.32. The molecule has 0 aromatic heterocycles. The van der Waals surface area contributed by atoms with Crippen molar-refractivity contribution in [3.05, 3.63) is 89.1 Å². The molecule has 1 aliphatic rings. The van der Waals surface area contributed by atoms with E-state index >= 15 is 0 Å². The summed E-state index contributed by atoms with van der Waals surface area (Å²) in [4.78, 5) is 40.9. The molecule has 4 rings (SSSR count). The summed E-state index contributed by atoms with van der Waals surface area (Å²) >= 11 is 0. The van der Waals surface area contributed by atoms with Gasteiger partial charge in [0.25, 0.3) is 5.91 Å². The second kappa shape index (κ2) is 11.3. The molecular weight excluding hydrogens is 466 g/mol. The van der Waals surface area contributed by atoms with Gasteiger partial charge < -0.3 is 15.4 Å². The molecule has 0 radical (unpaired) electrons. The quantitative estimate of drug-likeness (QED) is 0.370. The molecule has 37 heavy (non-hydrogen) atoms. The first-order valence-electron chi connectivity index (χ1n) is 12.6. The number of rotatable bonds is 8. The average Bonchev–Trinajstić information content (AvgIpc) is 2.89. The number of amides is 3. The summed E-state index contributed by atoms with van der Waals surface area (Å²) in [5.41, 5.74) is 2.78. The van der Waals surface area contributed by atoms with Crippen molar-refractivity contribution in [3.63, 3.8) is 0 Å². The van der Waals surface area contributed by atoms with Crippen molar-refractivity contribution in [3.8, 4) is 0 Å². The van der Waals surface area contributed by atoms with Crippen LogP contribution in [0, 0.1) is 5.92 Å². The first kappa shape index (κ1) is 25.9. The number of hydrogen-bond donors (Lipinski definition) is 2. The van der Waals surface area contributed by atoms with Crippen molar-refractivity contribution in [1.29, 1.82) is 0 Å². The van der Waals surface area contributed by atoms with Gasteiger partial charge in [0.05, 0.1) is 18.2 Å². The van der Waals surface area contributed by atoms with Crippen LogP contribution in [0.5, 0.6) is 0 Å². The Hall–Kier alpha value is -4.13. The van der Waals surface area contributed by atoms with Gasteiger partial charge in [0.15, 0.2) is 0 Å². The van der Waals surface area contributed by atoms with E-state index in [2.05, 4.69) is 10.6 Å². The highest BCUT2D eigenvalue weighted by atomic mass is 16.5. The van der Waals surface area contributed by atoms with Gasteiger partial charge in [-0.2, -0.15) is 0 Å². The standard InChI is InChI=1S/C30H33N3O4/c1-5-16-33-20(4)26(29(35)37-18-19(2)3)27(32-30(33)36)22-12-8-13-23(17-22)31-28(34)25-15-9-11-21-10-6-7-14-24(21)25/h6-15,17,19,27H,5,16,18H2,1-4H3,(H,31,34)(H,32,36).